The summed E-state index contributed by atoms with van der Waals surface area (Å²) in [6.45, 7) is 2.97. The zero-order chi connectivity index (χ0) is 10.1. The molecule has 2 N–H and O–H groups in total. The number of hydrogen-bond donors (Lipinski definition) is 1. The van der Waals surface area contributed by atoms with Crippen LogP contribution in [-0.2, 0) is 9.47 Å². The quantitative estimate of drug-likeness (QED) is 0.734. The molecule has 0 amide bonds. The van der Waals surface area contributed by atoms with Crippen molar-refractivity contribution in [1.82, 2.24) is 0 Å². The summed E-state index contributed by atoms with van der Waals surface area (Å²) in [4.78, 5) is 0. The van der Waals surface area contributed by atoms with Gasteiger partial charge in [0.1, 0.15) is 0 Å². The van der Waals surface area contributed by atoms with Crippen LogP contribution in [0.25, 0.3) is 0 Å². The molecular weight excluding hydrogens is 180 g/mol. The molecule has 1 aliphatic heterocycles. The van der Waals surface area contributed by atoms with Crippen molar-refractivity contribution in [1.29, 1.82) is 0 Å². The molecular formula is C8H15F2NO2. The summed E-state index contributed by atoms with van der Waals surface area (Å²) in [5.41, 5.74) is 4.91. The van der Waals surface area contributed by atoms with E-state index >= 15 is 0 Å². The first-order valence-electron chi connectivity index (χ1n) is 4.24. The van der Waals surface area contributed by atoms with E-state index in [1.165, 1.54) is 0 Å². The van der Waals surface area contributed by atoms with Gasteiger partial charge in [-0.1, -0.05) is 0 Å². The fourth-order valence-electron chi connectivity index (χ4n) is 1.28. The Hall–Kier alpha value is -0.260. The Balaban J connectivity index is 2.40. The maximum Gasteiger partial charge on any atom is 0.262 e. The largest absolute Gasteiger partial charge is 0.348 e. The topological polar surface area (TPSA) is 44.5 Å². The molecule has 1 saturated heterocycles. The lowest BCUT2D eigenvalue weighted by Gasteiger charge is -2.20. The molecule has 0 aliphatic carbocycles. The summed E-state index contributed by atoms with van der Waals surface area (Å²) in [6, 6.07) is 0. The fourth-order valence-corrected chi connectivity index (χ4v) is 1.28. The molecule has 0 aromatic rings. The number of halogens is 2. The molecule has 0 radical (unpaired) electrons. The molecule has 78 valence electrons. The van der Waals surface area contributed by atoms with Crippen LogP contribution in [0, 0.1) is 0 Å². The predicted octanol–water partition coefficient (Wildman–Crippen LogP) is 1.12. The number of alkyl halides is 2. The van der Waals surface area contributed by atoms with E-state index in [1.807, 2.05) is 0 Å². The van der Waals surface area contributed by atoms with Gasteiger partial charge in [-0.25, -0.2) is 8.78 Å². The highest BCUT2D eigenvalue weighted by Gasteiger charge is 2.39. The van der Waals surface area contributed by atoms with Gasteiger partial charge in [-0.05, 0) is 13.8 Å². The summed E-state index contributed by atoms with van der Waals surface area (Å²) in [5.74, 6) is -3.59. The van der Waals surface area contributed by atoms with Gasteiger partial charge >= 0.3 is 0 Å². The van der Waals surface area contributed by atoms with Crippen LogP contribution >= 0.6 is 0 Å². The Morgan fingerprint density at radius 3 is 2.54 bits per heavy atom. The minimum absolute atomic E-state index is 0.211. The summed E-state index contributed by atoms with van der Waals surface area (Å²) in [5, 5.41) is 0. The second-order valence-electron chi connectivity index (χ2n) is 3.71. The average molecular weight is 195 g/mol. The predicted molar refractivity (Wildman–Crippen MR) is 43.5 cm³/mol. The lowest BCUT2D eigenvalue weighted by Crippen LogP contribution is -2.33. The number of nitrogens with two attached hydrogens (primary N) is 1. The summed E-state index contributed by atoms with van der Waals surface area (Å²) < 4.78 is 36.0. The molecule has 13 heavy (non-hydrogen) atoms. The molecule has 0 saturated carbocycles. The van der Waals surface area contributed by atoms with E-state index in [0.29, 0.717) is 0 Å². The molecule has 1 rings (SSSR count). The van der Waals surface area contributed by atoms with Gasteiger partial charge in [0.2, 0.25) is 0 Å². The minimum Gasteiger partial charge on any atom is -0.348 e. The summed E-state index contributed by atoms with van der Waals surface area (Å²) in [6.07, 6.45) is -0.916. The van der Waals surface area contributed by atoms with Gasteiger partial charge in [-0.2, -0.15) is 0 Å². The molecule has 3 nitrogen and oxygen atoms in total. The van der Waals surface area contributed by atoms with Crippen LogP contribution < -0.4 is 5.73 Å². The zero-order valence-corrected chi connectivity index (χ0v) is 7.85. The molecule has 1 unspecified atom stereocenters. The zero-order valence-electron chi connectivity index (χ0n) is 7.85. The van der Waals surface area contributed by atoms with Crippen molar-refractivity contribution in [3.05, 3.63) is 0 Å². The van der Waals surface area contributed by atoms with Crippen LogP contribution in [0.4, 0.5) is 8.78 Å². The van der Waals surface area contributed by atoms with E-state index in [4.69, 9.17) is 15.2 Å². The van der Waals surface area contributed by atoms with E-state index in [-0.39, 0.29) is 13.0 Å². The van der Waals surface area contributed by atoms with Gasteiger partial charge in [0.15, 0.2) is 5.79 Å². The first kappa shape index (κ1) is 10.8. The van der Waals surface area contributed by atoms with Gasteiger partial charge < -0.3 is 15.2 Å². The smallest absolute Gasteiger partial charge is 0.262 e. The van der Waals surface area contributed by atoms with Gasteiger partial charge in [0, 0.05) is 6.42 Å². The van der Waals surface area contributed by atoms with E-state index in [1.54, 1.807) is 13.8 Å². The highest BCUT2D eigenvalue weighted by molar-refractivity contribution is 4.78. The van der Waals surface area contributed by atoms with Crippen LogP contribution in [0.5, 0.6) is 0 Å². The second kappa shape index (κ2) is 3.48. The van der Waals surface area contributed by atoms with Crippen LogP contribution in [-0.4, -0.2) is 31.0 Å². The van der Waals surface area contributed by atoms with Gasteiger partial charge in [-0.3, -0.25) is 0 Å². The molecule has 0 aromatic carbocycles. The first-order valence-corrected chi connectivity index (χ1v) is 4.24. The second-order valence-corrected chi connectivity index (χ2v) is 3.71. The standard InChI is InChI=1S/C8H15F2NO2/c1-7(2)12-4-6(13-7)3-8(9,10)5-11/h6H,3-5,11H2,1-2H3. The van der Waals surface area contributed by atoms with Gasteiger partial charge in [-0.15, -0.1) is 0 Å². The van der Waals surface area contributed by atoms with Crippen LogP contribution in [0.15, 0.2) is 0 Å². The van der Waals surface area contributed by atoms with E-state index in [2.05, 4.69) is 0 Å². The highest BCUT2D eigenvalue weighted by atomic mass is 19.3. The van der Waals surface area contributed by atoms with Crippen molar-refractivity contribution in [2.24, 2.45) is 5.73 Å². The van der Waals surface area contributed by atoms with E-state index in [0.717, 1.165) is 0 Å². The minimum atomic E-state index is -2.85. The number of ether oxygens (including phenoxy) is 2. The average Bonchev–Trinajstić information content (AvgIpc) is 2.29. The summed E-state index contributed by atoms with van der Waals surface area (Å²) >= 11 is 0. The molecule has 0 aromatic heterocycles. The van der Waals surface area contributed by atoms with Crippen molar-refractivity contribution in [2.45, 2.75) is 38.1 Å². The molecule has 0 bridgehead atoms. The SMILES string of the molecule is CC1(C)OCC(CC(F)(F)CN)O1. The van der Waals surface area contributed by atoms with Gasteiger partial charge in [0.25, 0.3) is 5.92 Å². The third kappa shape index (κ3) is 3.17. The van der Waals surface area contributed by atoms with Crippen molar-refractivity contribution >= 4 is 0 Å². The third-order valence-corrected chi connectivity index (χ3v) is 1.89. The Morgan fingerprint density at radius 1 is 1.54 bits per heavy atom. The van der Waals surface area contributed by atoms with Crippen LogP contribution in [0.1, 0.15) is 20.3 Å². The molecule has 5 heteroatoms. The monoisotopic (exact) mass is 195 g/mol. The third-order valence-electron chi connectivity index (χ3n) is 1.89. The Kier molecular flexibility index (Phi) is 2.89. The molecule has 1 fully saturated rings. The Bertz CT molecular complexity index is 185. The Labute approximate surface area is 76.2 Å². The maximum atomic E-state index is 12.8. The fraction of sp³-hybridized carbons (Fsp3) is 1.00. The normalized spacial score (nSPS) is 27.9. The number of hydrogen-bond acceptors (Lipinski definition) is 3. The number of rotatable bonds is 3. The molecule has 1 aliphatic rings. The molecule has 0 spiro atoms. The van der Waals surface area contributed by atoms with Gasteiger partial charge in [0.05, 0.1) is 19.3 Å². The van der Waals surface area contributed by atoms with Crippen molar-refractivity contribution in [3.8, 4) is 0 Å². The maximum absolute atomic E-state index is 12.8. The lowest BCUT2D eigenvalue weighted by molar-refractivity contribution is -0.147. The van der Waals surface area contributed by atoms with E-state index in [9.17, 15) is 8.78 Å². The van der Waals surface area contributed by atoms with Crippen molar-refractivity contribution in [2.75, 3.05) is 13.2 Å². The summed E-state index contributed by atoms with van der Waals surface area (Å²) in [7, 11) is 0. The lowest BCUT2D eigenvalue weighted by atomic mass is 10.1. The van der Waals surface area contributed by atoms with Crippen molar-refractivity contribution in [3.63, 3.8) is 0 Å². The van der Waals surface area contributed by atoms with E-state index < -0.39 is 24.4 Å². The first-order chi connectivity index (χ1) is 5.85. The van der Waals surface area contributed by atoms with Crippen LogP contribution in [0.3, 0.4) is 0 Å². The molecule has 1 heterocycles. The van der Waals surface area contributed by atoms with Crippen molar-refractivity contribution < 1.29 is 18.3 Å². The Morgan fingerprint density at radius 2 is 2.15 bits per heavy atom. The van der Waals surface area contributed by atoms with Crippen LogP contribution in [0.2, 0.25) is 0 Å². The highest BCUT2D eigenvalue weighted by Crippen LogP contribution is 2.29. The molecule has 1 atom stereocenters.